The van der Waals surface area contributed by atoms with Crippen molar-refractivity contribution >= 4 is 11.6 Å². The molecule has 1 heterocycles. The van der Waals surface area contributed by atoms with Gasteiger partial charge < -0.3 is 5.73 Å². The van der Waals surface area contributed by atoms with Gasteiger partial charge in [-0.15, -0.1) is 5.10 Å². The van der Waals surface area contributed by atoms with Gasteiger partial charge in [-0.05, 0) is 31.0 Å². The molecule has 0 unspecified atom stereocenters. The second kappa shape index (κ2) is 4.94. The molecule has 0 radical (unpaired) electrons. The Morgan fingerprint density at radius 3 is 2.74 bits per heavy atom. The summed E-state index contributed by atoms with van der Waals surface area (Å²) in [5, 5.41) is 9.13. The summed E-state index contributed by atoms with van der Waals surface area (Å²) < 4.78 is 1.74. The second-order valence-corrected chi connectivity index (χ2v) is 5.68. The van der Waals surface area contributed by atoms with Crippen LogP contribution in [-0.2, 0) is 5.54 Å². The number of hydrogen-bond acceptors (Lipinski definition) is 3. The standard InChI is InChI=1S/C14H17ClN4/c15-11-5-4-6-12(9-11)19-10-13(17-18-19)14(16)7-2-1-3-8-14/h4-6,9-10H,1-3,7-8,16H2. The van der Waals surface area contributed by atoms with Crippen LogP contribution in [0.2, 0.25) is 5.02 Å². The van der Waals surface area contributed by atoms with E-state index in [2.05, 4.69) is 10.3 Å². The quantitative estimate of drug-likeness (QED) is 0.917. The number of nitrogens with two attached hydrogens (primary N) is 1. The maximum atomic E-state index is 6.46. The molecule has 1 saturated carbocycles. The molecule has 19 heavy (non-hydrogen) atoms. The lowest BCUT2D eigenvalue weighted by molar-refractivity contribution is 0.295. The van der Waals surface area contributed by atoms with E-state index >= 15 is 0 Å². The third-order valence-corrected chi connectivity index (χ3v) is 4.06. The highest BCUT2D eigenvalue weighted by molar-refractivity contribution is 6.30. The van der Waals surface area contributed by atoms with Crippen LogP contribution in [0.4, 0.5) is 0 Å². The summed E-state index contributed by atoms with van der Waals surface area (Å²) in [6, 6.07) is 7.56. The summed E-state index contributed by atoms with van der Waals surface area (Å²) in [6.45, 7) is 0. The van der Waals surface area contributed by atoms with Gasteiger partial charge in [0, 0.05) is 5.02 Å². The average molecular weight is 277 g/mol. The highest BCUT2D eigenvalue weighted by Gasteiger charge is 2.32. The molecule has 0 spiro atoms. The highest BCUT2D eigenvalue weighted by Crippen LogP contribution is 2.33. The minimum Gasteiger partial charge on any atom is -0.320 e. The minimum atomic E-state index is -0.310. The van der Waals surface area contributed by atoms with Crippen molar-refractivity contribution in [3.8, 4) is 5.69 Å². The number of rotatable bonds is 2. The van der Waals surface area contributed by atoms with Gasteiger partial charge in [-0.2, -0.15) is 0 Å². The van der Waals surface area contributed by atoms with E-state index in [4.69, 9.17) is 17.3 Å². The van der Waals surface area contributed by atoms with Gasteiger partial charge in [-0.3, -0.25) is 0 Å². The SMILES string of the molecule is NC1(c2cn(-c3cccc(Cl)c3)nn2)CCCCC1. The number of aromatic nitrogens is 3. The van der Waals surface area contributed by atoms with Crippen molar-refractivity contribution in [3.05, 3.63) is 41.2 Å². The largest absolute Gasteiger partial charge is 0.320 e. The molecule has 1 aliphatic rings. The fraction of sp³-hybridized carbons (Fsp3) is 0.429. The molecule has 100 valence electrons. The summed E-state index contributed by atoms with van der Waals surface area (Å²) >= 11 is 5.99. The molecule has 1 aromatic heterocycles. The lowest BCUT2D eigenvalue weighted by Crippen LogP contribution is -2.39. The van der Waals surface area contributed by atoms with Crippen LogP contribution < -0.4 is 5.73 Å². The Kier molecular flexibility index (Phi) is 3.29. The molecule has 2 aromatic rings. The molecule has 1 aromatic carbocycles. The smallest absolute Gasteiger partial charge is 0.103 e. The Balaban J connectivity index is 1.91. The van der Waals surface area contributed by atoms with Crippen molar-refractivity contribution in [3.63, 3.8) is 0 Å². The normalized spacial score (nSPS) is 18.4. The van der Waals surface area contributed by atoms with Crippen molar-refractivity contribution in [2.24, 2.45) is 5.73 Å². The van der Waals surface area contributed by atoms with Crippen LogP contribution in [0.25, 0.3) is 5.69 Å². The van der Waals surface area contributed by atoms with Crippen LogP contribution in [-0.4, -0.2) is 15.0 Å². The van der Waals surface area contributed by atoms with Gasteiger partial charge in [0.2, 0.25) is 0 Å². The fourth-order valence-electron chi connectivity index (χ4n) is 2.68. The Morgan fingerprint density at radius 1 is 1.21 bits per heavy atom. The van der Waals surface area contributed by atoms with Crippen LogP contribution >= 0.6 is 11.6 Å². The fourth-order valence-corrected chi connectivity index (χ4v) is 2.86. The highest BCUT2D eigenvalue weighted by atomic mass is 35.5. The molecule has 5 heteroatoms. The van der Waals surface area contributed by atoms with Crippen LogP contribution in [0.15, 0.2) is 30.5 Å². The topological polar surface area (TPSA) is 56.7 Å². The summed E-state index contributed by atoms with van der Waals surface area (Å²) in [4.78, 5) is 0. The van der Waals surface area contributed by atoms with Gasteiger partial charge in [0.15, 0.2) is 0 Å². The Morgan fingerprint density at radius 2 is 2.00 bits per heavy atom. The van der Waals surface area contributed by atoms with Gasteiger partial charge in [0.25, 0.3) is 0 Å². The first-order valence-corrected chi connectivity index (χ1v) is 7.03. The Labute approximate surface area is 117 Å². The lowest BCUT2D eigenvalue weighted by Gasteiger charge is -2.31. The number of nitrogens with zero attached hydrogens (tertiary/aromatic N) is 3. The molecule has 0 atom stereocenters. The molecular weight excluding hydrogens is 260 g/mol. The lowest BCUT2D eigenvalue weighted by atomic mass is 9.80. The van der Waals surface area contributed by atoms with Crippen LogP contribution in [0.5, 0.6) is 0 Å². The van der Waals surface area contributed by atoms with E-state index in [1.165, 1.54) is 19.3 Å². The molecule has 0 amide bonds. The first-order chi connectivity index (χ1) is 9.17. The van der Waals surface area contributed by atoms with Crippen molar-refractivity contribution in [1.29, 1.82) is 0 Å². The molecule has 0 aliphatic heterocycles. The maximum absolute atomic E-state index is 6.46. The Bertz CT molecular complexity index is 572. The van der Waals surface area contributed by atoms with E-state index in [-0.39, 0.29) is 5.54 Å². The van der Waals surface area contributed by atoms with Crippen molar-refractivity contribution in [1.82, 2.24) is 15.0 Å². The average Bonchev–Trinajstić information content (AvgIpc) is 2.90. The molecule has 0 bridgehead atoms. The molecule has 1 aliphatic carbocycles. The monoisotopic (exact) mass is 276 g/mol. The zero-order valence-corrected chi connectivity index (χ0v) is 11.5. The van der Waals surface area contributed by atoms with E-state index < -0.39 is 0 Å². The molecule has 1 fully saturated rings. The van der Waals surface area contributed by atoms with E-state index in [1.54, 1.807) is 4.68 Å². The van der Waals surface area contributed by atoms with Crippen molar-refractivity contribution in [2.45, 2.75) is 37.6 Å². The second-order valence-electron chi connectivity index (χ2n) is 5.25. The molecule has 2 N–H and O–H groups in total. The first kappa shape index (κ1) is 12.6. The van der Waals surface area contributed by atoms with Crippen molar-refractivity contribution < 1.29 is 0 Å². The molecule has 3 rings (SSSR count). The predicted molar refractivity (Wildman–Crippen MR) is 75.3 cm³/mol. The van der Waals surface area contributed by atoms with Crippen LogP contribution in [0, 0.1) is 0 Å². The summed E-state index contributed by atoms with van der Waals surface area (Å²) in [7, 11) is 0. The van der Waals surface area contributed by atoms with E-state index in [9.17, 15) is 0 Å². The zero-order valence-electron chi connectivity index (χ0n) is 10.7. The predicted octanol–water partition coefficient (Wildman–Crippen LogP) is 3.04. The van der Waals surface area contributed by atoms with Gasteiger partial charge in [0.1, 0.15) is 5.69 Å². The summed E-state index contributed by atoms with van der Waals surface area (Å²) in [5.41, 5.74) is 7.94. The maximum Gasteiger partial charge on any atom is 0.103 e. The van der Waals surface area contributed by atoms with Gasteiger partial charge >= 0.3 is 0 Å². The van der Waals surface area contributed by atoms with E-state index in [0.29, 0.717) is 5.02 Å². The van der Waals surface area contributed by atoms with Crippen molar-refractivity contribution in [2.75, 3.05) is 0 Å². The third-order valence-electron chi connectivity index (χ3n) is 3.82. The van der Waals surface area contributed by atoms with Gasteiger partial charge in [-0.25, -0.2) is 4.68 Å². The van der Waals surface area contributed by atoms with E-state index in [0.717, 1.165) is 24.2 Å². The molecule has 0 saturated heterocycles. The first-order valence-electron chi connectivity index (χ1n) is 6.65. The number of benzene rings is 1. The minimum absolute atomic E-state index is 0.310. The third kappa shape index (κ3) is 2.51. The Hall–Kier alpha value is -1.39. The van der Waals surface area contributed by atoms with Gasteiger partial charge in [-0.1, -0.05) is 42.1 Å². The number of halogens is 1. The van der Waals surface area contributed by atoms with Gasteiger partial charge in [0.05, 0.1) is 17.4 Å². The number of hydrogen-bond donors (Lipinski definition) is 1. The van der Waals surface area contributed by atoms with Crippen LogP contribution in [0.1, 0.15) is 37.8 Å². The van der Waals surface area contributed by atoms with E-state index in [1.807, 2.05) is 30.5 Å². The zero-order chi connectivity index (χ0) is 13.3. The molecule has 4 nitrogen and oxygen atoms in total. The summed E-state index contributed by atoms with van der Waals surface area (Å²) in [6.07, 6.45) is 7.50. The molecular formula is C14H17ClN4. The summed E-state index contributed by atoms with van der Waals surface area (Å²) in [5.74, 6) is 0. The van der Waals surface area contributed by atoms with Crippen LogP contribution in [0.3, 0.4) is 0 Å².